The number of hydrogen-bond acceptors (Lipinski definition) is 4. The fourth-order valence-electron chi connectivity index (χ4n) is 1.16. The number of esters is 1. The Hall–Kier alpha value is -1.65. The summed E-state index contributed by atoms with van der Waals surface area (Å²) in [5, 5.41) is 8.63. The van der Waals surface area contributed by atoms with Gasteiger partial charge in [0.25, 0.3) is 0 Å². The molecule has 5 nitrogen and oxygen atoms in total. The van der Waals surface area contributed by atoms with Crippen LogP contribution in [0.3, 0.4) is 0 Å². The number of rotatable bonds is 7. The van der Waals surface area contributed by atoms with E-state index in [0.717, 1.165) is 0 Å². The summed E-state index contributed by atoms with van der Waals surface area (Å²) in [5.74, 6) is -1.92. The van der Waals surface area contributed by atoms with E-state index in [0.29, 0.717) is 6.42 Å². The van der Waals surface area contributed by atoms with Gasteiger partial charge in [0, 0.05) is 5.57 Å². The summed E-state index contributed by atoms with van der Waals surface area (Å²) in [6.45, 7) is 8.03. The SMILES string of the molecule is C=C(CCC(C)(C)OC(=O)CC(C)=O)C(=O)O. The molecule has 0 saturated carbocycles. The van der Waals surface area contributed by atoms with Gasteiger partial charge in [-0.15, -0.1) is 0 Å². The molecule has 0 aliphatic heterocycles. The van der Waals surface area contributed by atoms with Gasteiger partial charge in [-0.1, -0.05) is 6.58 Å². The second-order valence-electron chi connectivity index (χ2n) is 4.52. The van der Waals surface area contributed by atoms with Gasteiger partial charge in [0.1, 0.15) is 17.8 Å². The van der Waals surface area contributed by atoms with Crippen molar-refractivity contribution in [2.75, 3.05) is 0 Å². The minimum Gasteiger partial charge on any atom is -0.478 e. The van der Waals surface area contributed by atoms with E-state index in [-0.39, 0.29) is 24.2 Å². The fourth-order valence-corrected chi connectivity index (χ4v) is 1.16. The Bertz CT molecular complexity index is 341. The first kappa shape index (κ1) is 15.3. The van der Waals surface area contributed by atoms with Crippen molar-refractivity contribution < 1.29 is 24.2 Å². The zero-order valence-electron chi connectivity index (χ0n) is 10.4. The van der Waals surface area contributed by atoms with Crippen molar-refractivity contribution in [2.24, 2.45) is 0 Å². The van der Waals surface area contributed by atoms with Crippen LogP contribution in [0, 0.1) is 0 Å². The fraction of sp³-hybridized carbons (Fsp3) is 0.583. The molecule has 0 atom stereocenters. The number of aliphatic carboxylic acids is 1. The average molecular weight is 242 g/mol. The van der Waals surface area contributed by atoms with Gasteiger partial charge in [0.15, 0.2) is 0 Å². The maximum atomic E-state index is 11.3. The smallest absolute Gasteiger partial charge is 0.330 e. The average Bonchev–Trinajstić information content (AvgIpc) is 2.11. The summed E-state index contributed by atoms with van der Waals surface area (Å²) < 4.78 is 5.09. The van der Waals surface area contributed by atoms with E-state index in [2.05, 4.69) is 6.58 Å². The molecule has 96 valence electrons. The van der Waals surface area contributed by atoms with Gasteiger partial charge in [0.05, 0.1) is 0 Å². The van der Waals surface area contributed by atoms with Crippen LogP contribution in [0.4, 0.5) is 0 Å². The number of carboxylic acids is 1. The molecule has 0 bridgehead atoms. The molecule has 0 heterocycles. The van der Waals surface area contributed by atoms with E-state index in [1.807, 2.05) is 0 Å². The Morgan fingerprint density at radius 3 is 2.24 bits per heavy atom. The minimum atomic E-state index is -1.06. The topological polar surface area (TPSA) is 80.7 Å². The van der Waals surface area contributed by atoms with Gasteiger partial charge in [-0.3, -0.25) is 9.59 Å². The third kappa shape index (κ3) is 7.27. The Labute approximate surface area is 100 Å². The van der Waals surface area contributed by atoms with Gasteiger partial charge in [-0.2, -0.15) is 0 Å². The normalized spacial score (nSPS) is 10.8. The van der Waals surface area contributed by atoms with Crippen LogP contribution in [0.15, 0.2) is 12.2 Å². The van der Waals surface area contributed by atoms with Crippen molar-refractivity contribution in [3.05, 3.63) is 12.2 Å². The number of carbonyl (C=O) groups excluding carboxylic acids is 2. The van der Waals surface area contributed by atoms with E-state index >= 15 is 0 Å². The minimum absolute atomic E-state index is 0.0701. The van der Waals surface area contributed by atoms with Crippen LogP contribution in [0.2, 0.25) is 0 Å². The number of carboxylic acid groups (broad SMARTS) is 1. The molecule has 0 aliphatic carbocycles. The quantitative estimate of drug-likeness (QED) is 0.417. The van der Waals surface area contributed by atoms with Gasteiger partial charge in [-0.05, 0) is 33.6 Å². The summed E-state index contributed by atoms with van der Waals surface area (Å²) in [5.41, 5.74) is -0.731. The first-order valence-electron chi connectivity index (χ1n) is 5.26. The standard InChI is InChI=1S/C12H18O5/c1-8(11(15)16)5-6-12(3,4)17-10(14)7-9(2)13/h1,5-7H2,2-4H3,(H,15,16). The molecular weight excluding hydrogens is 224 g/mol. The van der Waals surface area contributed by atoms with Gasteiger partial charge in [0.2, 0.25) is 0 Å². The van der Waals surface area contributed by atoms with Crippen LogP contribution in [0.1, 0.15) is 40.0 Å². The van der Waals surface area contributed by atoms with Crippen LogP contribution >= 0.6 is 0 Å². The van der Waals surface area contributed by atoms with Crippen LogP contribution in [0.25, 0.3) is 0 Å². The third-order valence-electron chi connectivity index (χ3n) is 2.11. The molecule has 0 aromatic rings. The second kappa shape index (κ2) is 6.18. The predicted molar refractivity (Wildman–Crippen MR) is 61.5 cm³/mol. The number of Topliss-reactive ketones (excluding diaryl/α,β-unsaturated/α-hetero) is 1. The van der Waals surface area contributed by atoms with Crippen molar-refractivity contribution >= 4 is 17.7 Å². The summed E-state index contributed by atoms with van der Waals surface area (Å²) >= 11 is 0. The second-order valence-corrected chi connectivity index (χ2v) is 4.52. The lowest BCUT2D eigenvalue weighted by molar-refractivity contribution is -0.158. The van der Waals surface area contributed by atoms with Crippen LogP contribution in [0.5, 0.6) is 0 Å². The number of ketones is 1. The van der Waals surface area contributed by atoms with Crippen molar-refractivity contribution in [2.45, 2.75) is 45.6 Å². The molecule has 0 aromatic heterocycles. The molecule has 17 heavy (non-hydrogen) atoms. The predicted octanol–water partition coefficient (Wildman–Crippen LogP) is 1.71. The highest BCUT2D eigenvalue weighted by Crippen LogP contribution is 2.20. The maximum Gasteiger partial charge on any atom is 0.330 e. The molecule has 0 fully saturated rings. The molecule has 0 rings (SSSR count). The first-order valence-corrected chi connectivity index (χ1v) is 5.26. The summed E-state index contributed by atoms with van der Waals surface area (Å²) in [4.78, 5) is 32.5. The Kier molecular flexibility index (Phi) is 5.58. The van der Waals surface area contributed by atoms with E-state index in [1.165, 1.54) is 6.92 Å². The van der Waals surface area contributed by atoms with Crippen molar-refractivity contribution in [3.8, 4) is 0 Å². The zero-order chi connectivity index (χ0) is 13.6. The Balaban J connectivity index is 4.20. The molecule has 0 spiro atoms. The van der Waals surface area contributed by atoms with Crippen LogP contribution in [-0.2, 0) is 19.1 Å². The van der Waals surface area contributed by atoms with Crippen molar-refractivity contribution in [1.29, 1.82) is 0 Å². The molecular formula is C12H18O5. The van der Waals surface area contributed by atoms with E-state index in [4.69, 9.17) is 9.84 Å². The van der Waals surface area contributed by atoms with Crippen LogP contribution in [-0.4, -0.2) is 28.4 Å². The highest BCUT2D eigenvalue weighted by molar-refractivity contribution is 5.94. The van der Waals surface area contributed by atoms with E-state index < -0.39 is 17.5 Å². The third-order valence-corrected chi connectivity index (χ3v) is 2.11. The maximum absolute atomic E-state index is 11.3. The lowest BCUT2D eigenvalue weighted by atomic mass is 9.99. The first-order chi connectivity index (χ1) is 7.64. The van der Waals surface area contributed by atoms with Gasteiger partial charge in [-0.25, -0.2) is 4.79 Å². The largest absolute Gasteiger partial charge is 0.478 e. The van der Waals surface area contributed by atoms with Gasteiger partial charge >= 0.3 is 11.9 Å². The molecule has 5 heteroatoms. The van der Waals surface area contributed by atoms with E-state index in [9.17, 15) is 14.4 Å². The van der Waals surface area contributed by atoms with Crippen LogP contribution < -0.4 is 0 Å². The summed E-state index contributed by atoms with van der Waals surface area (Å²) in [6, 6.07) is 0. The Morgan fingerprint density at radius 1 is 1.29 bits per heavy atom. The molecule has 1 N–H and O–H groups in total. The Morgan fingerprint density at radius 2 is 1.82 bits per heavy atom. The zero-order valence-corrected chi connectivity index (χ0v) is 10.4. The number of carbonyl (C=O) groups is 3. The molecule has 0 saturated heterocycles. The molecule has 0 unspecified atom stereocenters. The molecule has 0 amide bonds. The highest BCUT2D eigenvalue weighted by atomic mass is 16.6. The molecule has 0 aromatic carbocycles. The van der Waals surface area contributed by atoms with Crippen molar-refractivity contribution in [1.82, 2.24) is 0 Å². The highest BCUT2D eigenvalue weighted by Gasteiger charge is 2.24. The molecule has 0 radical (unpaired) electrons. The van der Waals surface area contributed by atoms with Crippen molar-refractivity contribution in [3.63, 3.8) is 0 Å². The number of ether oxygens (including phenoxy) is 1. The van der Waals surface area contributed by atoms with E-state index in [1.54, 1.807) is 13.8 Å². The van der Waals surface area contributed by atoms with Gasteiger partial charge < -0.3 is 9.84 Å². The summed E-state index contributed by atoms with van der Waals surface area (Å²) in [7, 11) is 0. The summed E-state index contributed by atoms with van der Waals surface area (Å²) in [6.07, 6.45) is 0.320. The lowest BCUT2D eigenvalue weighted by Crippen LogP contribution is -2.29. The lowest BCUT2D eigenvalue weighted by Gasteiger charge is -2.24. The molecule has 0 aliphatic rings. The monoisotopic (exact) mass is 242 g/mol. The number of hydrogen-bond donors (Lipinski definition) is 1.